The number of carbonyl (C=O) groups excluding carboxylic acids is 1. The van der Waals surface area contributed by atoms with E-state index in [2.05, 4.69) is 21.2 Å². The Morgan fingerprint density at radius 3 is 2.79 bits per heavy atom. The Hall–Kier alpha value is -0.900. The standard InChI is InChI=1S/C10H11BrFNO/c1-6-3-4-8(12)9(5-6)13-10(14)7(2)11/h3-5,7H,1-2H3,(H,13,14). The van der Waals surface area contributed by atoms with E-state index in [1.807, 2.05) is 6.92 Å². The Labute approximate surface area is 90.6 Å². The molecule has 14 heavy (non-hydrogen) atoms. The molecule has 0 fully saturated rings. The van der Waals surface area contributed by atoms with Crippen molar-refractivity contribution in [1.29, 1.82) is 0 Å². The van der Waals surface area contributed by atoms with Gasteiger partial charge in [-0.15, -0.1) is 0 Å². The molecule has 1 aromatic rings. The predicted molar refractivity (Wildman–Crippen MR) is 58.2 cm³/mol. The van der Waals surface area contributed by atoms with Crippen LogP contribution < -0.4 is 5.32 Å². The Kier molecular flexibility index (Phi) is 3.63. The van der Waals surface area contributed by atoms with Crippen LogP contribution in [0.25, 0.3) is 0 Å². The van der Waals surface area contributed by atoms with Crippen LogP contribution in [-0.4, -0.2) is 10.7 Å². The maximum Gasteiger partial charge on any atom is 0.237 e. The number of halogens is 2. The van der Waals surface area contributed by atoms with Crippen molar-refractivity contribution >= 4 is 27.5 Å². The molecule has 1 N–H and O–H groups in total. The van der Waals surface area contributed by atoms with Gasteiger partial charge in [-0.2, -0.15) is 0 Å². The maximum atomic E-state index is 13.2. The minimum absolute atomic E-state index is 0.223. The van der Waals surface area contributed by atoms with E-state index in [1.165, 1.54) is 6.07 Å². The summed E-state index contributed by atoms with van der Waals surface area (Å²) in [5, 5.41) is 2.49. The van der Waals surface area contributed by atoms with Gasteiger partial charge in [0.05, 0.1) is 10.5 Å². The second kappa shape index (κ2) is 4.55. The number of amides is 1. The van der Waals surface area contributed by atoms with Gasteiger partial charge < -0.3 is 5.32 Å². The van der Waals surface area contributed by atoms with E-state index in [4.69, 9.17) is 0 Å². The third kappa shape index (κ3) is 2.80. The number of benzene rings is 1. The number of rotatable bonds is 2. The van der Waals surface area contributed by atoms with Crippen LogP contribution >= 0.6 is 15.9 Å². The molecule has 4 heteroatoms. The maximum absolute atomic E-state index is 13.2. The van der Waals surface area contributed by atoms with Gasteiger partial charge >= 0.3 is 0 Å². The highest BCUT2D eigenvalue weighted by atomic mass is 79.9. The number of hydrogen-bond donors (Lipinski definition) is 1. The zero-order chi connectivity index (χ0) is 10.7. The Balaban J connectivity index is 2.86. The van der Waals surface area contributed by atoms with Gasteiger partial charge in [-0.3, -0.25) is 4.79 Å². The summed E-state index contributed by atoms with van der Waals surface area (Å²) >= 11 is 3.11. The lowest BCUT2D eigenvalue weighted by Gasteiger charge is -2.08. The van der Waals surface area contributed by atoms with Gasteiger partial charge in [0.15, 0.2) is 0 Å². The first kappa shape index (κ1) is 11.2. The van der Waals surface area contributed by atoms with Gasteiger partial charge in [-0.25, -0.2) is 4.39 Å². The summed E-state index contributed by atoms with van der Waals surface area (Å²) in [5.41, 5.74) is 1.13. The summed E-state index contributed by atoms with van der Waals surface area (Å²) < 4.78 is 13.2. The molecule has 0 aliphatic rings. The lowest BCUT2D eigenvalue weighted by atomic mass is 10.2. The van der Waals surface area contributed by atoms with Crippen LogP contribution in [0.2, 0.25) is 0 Å². The number of aryl methyl sites for hydroxylation is 1. The summed E-state index contributed by atoms with van der Waals surface area (Å²) in [4.78, 5) is 10.9. The molecule has 0 bridgehead atoms. The second-order valence-corrected chi connectivity index (χ2v) is 4.46. The molecular formula is C10H11BrFNO. The number of anilines is 1. The van der Waals surface area contributed by atoms with Gasteiger partial charge in [0.1, 0.15) is 5.82 Å². The molecule has 0 aromatic heterocycles. The summed E-state index contributed by atoms with van der Waals surface area (Å²) in [6, 6.07) is 4.59. The first-order chi connectivity index (χ1) is 6.50. The zero-order valence-corrected chi connectivity index (χ0v) is 9.56. The molecule has 0 saturated heterocycles. The van der Waals surface area contributed by atoms with Crippen LogP contribution in [0.3, 0.4) is 0 Å². The fourth-order valence-electron chi connectivity index (χ4n) is 0.967. The number of hydrogen-bond acceptors (Lipinski definition) is 1. The first-order valence-corrected chi connectivity index (χ1v) is 5.13. The lowest BCUT2D eigenvalue weighted by molar-refractivity contribution is -0.115. The molecule has 0 spiro atoms. The molecule has 1 aromatic carbocycles. The van der Waals surface area contributed by atoms with Gasteiger partial charge in [-0.1, -0.05) is 22.0 Å². The van der Waals surface area contributed by atoms with Crippen molar-refractivity contribution in [2.75, 3.05) is 5.32 Å². The van der Waals surface area contributed by atoms with Crippen LogP contribution in [0.1, 0.15) is 12.5 Å². The highest BCUT2D eigenvalue weighted by molar-refractivity contribution is 9.10. The summed E-state index contributed by atoms with van der Waals surface area (Å²) in [5.74, 6) is -0.674. The molecule has 76 valence electrons. The van der Waals surface area contributed by atoms with E-state index >= 15 is 0 Å². The van der Waals surface area contributed by atoms with Crippen molar-refractivity contribution in [2.24, 2.45) is 0 Å². The summed E-state index contributed by atoms with van der Waals surface area (Å²) in [6.07, 6.45) is 0. The van der Waals surface area contributed by atoms with Crippen LogP contribution in [0, 0.1) is 12.7 Å². The van der Waals surface area contributed by atoms with E-state index in [9.17, 15) is 9.18 Å². The van der Waals surface area contributed by atoms with Crippen molar-refractivity contribution in [1.82, 2.24) is 0 Å². The van der Waals surface area contributed by atoms with E-state index in [1.54, 1.807) is 19.1 Å². The smallest absolute Gasteiger partial charge is 0.237 e. The summed E-state index contributed by atoms with van der Waals surface area (Å²) in [7, 11) is 0. The fraction of sp³-hybridized carbons (Fsp3) is 0.300. The van der Waals surface area contributed by atoms with Crippen LogP contribution in [0.15, 0.2) is 18.2 Å². The van der Waals surface area contributed by atoms with Gasteiger partial charge in [0, 0.05) is 0 Å². The van der Waals surface area contributed by atoms with Crippen LogP contribution in [0.5, 0.6) is 0 Å². The highest BCUT2D eigenvalue weighted by Crippen LogP contribution is 2.16. The predicted octanol–water partition coefficient (Wildman–Crippen LogP) is 2.86. The number of alkyl halides is 1. The topological polar surface area (TPSA) is 29.1 Å². The highest BCUT2D eigenvalue weighted by Gasteiger charge is 2.11. The molecule has 1 amide bonds. The fourth-order valence-corrected chi connectivity index (χ4v) is 1.08. The average molecular weight is 260 g/mol. The van der Waals surface area contributed by atoms with Gasteiger partial charge in [-0.05, 0) is 31.5 Å². The largest absolute Gasteiger partial charge is 0.323 e. The zero-order valence-electron chi connectivity index (χ0n) is 7.97. The molecule has 2 nitrogen and oxygen atoms in total. The van der Waals surface area contributed by atoms with Crippen molar-refractivity contribution in [3.8, 4) is 0 Å². The SMILES string of the molecule is Cc1ccc(F)c(NC(=O)C(C)Br)c1. The van der Waals surface area contributed by atoms with Gasteiger partial charge in [0.2, 0.25) is 5.91 Å². The van der Waals surface area contributed by atoms with E-state index in [-0.39, 0.29) is 16.4 Å². The third-order valence-electron chi connectivity index (χ3n) is 1.74. The van der Waals surface area contributed by atoms with Crippen molar-refractivity contribution in [2.45, 2.75) is 18.7 Å². The summed E-state index contributed by atoms with van der Waals surface area (Å²) in [6.45, 7) is 3.52. The van der Waals surface area contributed by atoms with Crippen molar-refractivity contribution in [3.05, 3.63) is 29.6 Å². The molecule has 1 unspecified atom stereocenters. The second-order valence-electron chi connectivity index (χ2n) is 3.09. The first-order valence-electron chi connectivity index (χ1n) is 4.22. The molecule has 1 atom stereocenters. The van der Waals surface area contributed by atoms with Crippen LogP contribution in [0.4, 0.5) is 10.1 Å². The van der Waals surface area contributed by atoms with E-state index in [0.717, 1.165) is 5.56 Å². The number of carbonyl (C=O) groups is 1. The average Bonchev–Trinajstić information content (AvgIpc) is 2.11. The van der Waals surface area contributed by atoms with E-state index < -0.39 is 5.82 Å². The Morgan fingerprint density at radius 2 is 2.21 bits per heavy atom. The monoisotopic (exact) mass is 259 g/mol. The minimum Gasteiger partial charge on any atom is -0.323 e. The minimum atomic E-state index is -0.419. The molecular weight excluding hydrogens is 249 g/mol. The van der Waals surface area contributed by atoms with Crippen molar-refractivity contribution in [3.63, 3.8) is 0 Å². The Bertz CT molecular complexity index is 352. The normalized spacial score (nSPS) is 12.3. The molecule has 1 rings (SSSR count). The third-order valence-corrected chi connectivity index (χ3v) is 2.16. The van der Waals surface area contributed by atoms with E-state index in [0.29, 0.717) is 0 Å². The number of nitrogens with one attached hydrogen (secondary N) is 1. The quantitative estimate of drug-likeness (QED) is 0.814. The molecule has 0 saturated carbocycles. The van der Waals surface area contributed by atoms with Gasteiger partial charge in [0.25, 0.3) is 0 Å². The molecule has 0 heterocycles. The Morgan fingerprint density at radius 1 is 1.57 bits per heavy atom. The van der Waals surface area contributed by atoms with Crippen LogP contribution in [-0.2, 0) is 4.79 Å². The lowest BCUT2D eigenvalue weighted by Crippen LogP contribution is -2.20. The van der Waals surface area contributed by atoms with Crippen molar-refractivity contribution < 1.29 is 9.18 Å². The molecule has 0 aliphatic carbocycles. The molecule has 0 radical (unpaired) electrons. The molecule has 0 aliphatic heterocycles.